The molecule has 5 nitrogen and oxygen atoms in total. The van der Waals surface area contributed by atoms with Crippen molar-refractivity contribution < 1.29 is 14.3 Å². The molecule has 0 radical (unpaired) electrons. The lowest BCUT2D eigenvalue weighted by Gasteiger charge is -2.13. The summed E-state index contributed by atoms with van der Waals surface area (Å²) in [5.41, 5.74) is 4.30. The van der Waals surface area contributed by atoms with Crippen molar-refractivity contribution in [3.8, 4) is 5.75 Å². The third-order valence-electron chi connectivity index (χ3n) is 5.75. The molecule has 0 unspecified atom stereocenters. The normalized spacial score (nSPS) is 15.0. The van der Waals surface area contributed by atoms with Crippen molar-refractivity contribution in [1.82, 2.24) is 9.47 Å². The number of benzene rings is 3. The van der Waals surface area contributed by atoms with Crippen LogP contribution in [-0.2, 0) is 11.3 Å². The standard InChI is InChI=1S/C28H24N2O3S/c1-20-8-7-11-23(16-20)33-15-14-30-27(31)26(34-28(30)32)17-22-19-29(18-21-9-3-2-4-10-21)25-13-6-5-12-24(22)25/h2-13,16-17,19H,14-15,18H2,1H3/b26-17-. The first-order valence-electron chi connectivity index (χ1n) is 11.1. The summed E-state index contributed by atoms with van der Waals surface area (Å²) in [6.45, 7) is 3.19. The molecule has 0 spiro atoms. The van der Waals surface area contributed by atoms with Gasteiger partial charge in [-0.25, -0.2) is 0 Å². The van der Waals surface area contributed by atoms with Crippen molar-refractivity contribution >= 4 is 39.9 Å². The molecule has 2 heterocycles. The van der Waals surface area contributed by atoms with Crippen molar-refractivity contribution in [3.63, 3.8) is 0 Å². The van der Waals surface area contributed by atoms with E-state index >= 15 is 0 Å². The predicted octanol–water partition coefficient (Wildman–Crippen LogP) is 6.11. The number of imide groups is 1. The van der Waals surface area contributed by atoms with E-state index in [4.69, 9.17) is 4.74 Å². The number of carbonyl (C=O) groups is 2. The lowest BCUT2D eigenvalue weighted by molar-refractivity contribution is -0.123. The van der Waals surface area contributed by atoms with E-state index in [9.17, 15) is 9.59 Å². The van der Waals surface area contributed by atoms with Gasteiger partial charge in [-0.3, -0.25) is 14.5 Å². The average Bonchev–Trinajstić information content (AvgIpc) is 3.31. The molecule has 1 aromatic heterocycles. The Morgan fingerprint density at radius 3 is 2.56 bits per heavy atom. The van der Waals surface area contributed by atoms with Crippen LogP contribution in [-0.4, -0.2) is 33.8 Å². The number of aryl methyl sites for hydroxylation is 1. The highest BCUT2D eigenvalue weighted by atomic mass is 32.2. The molecule has 3 aromatic carbocycles. The summed E-state index contributed by atoms with van der Waals surface area (Å²) in [5.74, 6) is 0.455. The molecule has 4 aromatic rings. The molecule has 0 atom stereocenters. The zero-order chi connectivity index (χ0) is 23.5. The van der Waals surface area contributed by atoms with Crippen molar-refractivity contribution in [1.29, 1.82) is 0 Å². The Kier molecular flexibility index (Phi) is 6.23. The number of rotatable bonds is 7. The molecule has 5 rings (SSSR count). The van der Waals surface area contributed by atoms with Crippen LogP contribution >= 0.6 is 11.8 Å². The maximum Gasteiger partial charge on any atom is 0.293 e. The maximum atomic E-state index is 13.0. The van der Waals surface area contributed by atoms with Crippen LogP contribution in [0.25, 0.3) is 17.0 Å². The number of thioether (sulfide) groups is 1. The van der Waals surface area contributed by atoms with Crippen LogP contribution in [0.1, 0.15) is 16.7 Å². The van der Waals surface area contributed by atoms with Gasteiger partial charge < -0.3 is 9.30 Å². The van der Waals surface area contributed by atoms with Crippen molar-refractivity contribution in [2.45, 2.75) is 13.5 Å². The fourth-order valence-electron chi connectivity index (χ4n) is 4.10. The SMILES string of the molecule is Cc1cccc(OCCN2C(=O)S/C(=C\c3cn(Cc4ccccc4)c4ccccc34)C2=O)c1. The fraction of sp³-hybridized carbons (Fsp3) is 0.143. The minimum absolute atomic E-state index is 0.214. The first-order chi connectivity index (χ1) is 16.6. The van der Waals surface area contributed by atoms with Gasteiger partial charge in [-0.15, -0.1) is 0 Å². The highest BCUT2D eigenvalue weighted by Crippen LogP contribution is 2.34. The van der Waals surface area contributed by atoms with E-state index in [2.05, 4.69) is 22.8 Å². The van der Waals surface area contributed by atoms with E-state index in [1.165, 1.54) is 10.5 Å². The second kappa shape index (κ2) is 9.61. The molecule has 0 saturated carbocycles. The average molecular weight is 469 g/mol. The van der Waals surface area contributed by atoms with Gasteiger partial charge in [0.05, 0.1) is 11.4 Å². The van der Waals surface area contributed by atoms with Crippen LogP contribution < -0.4 is 4.74 Å². The zero-order valence-corrected chi connectivity index (χ0v) is 19.6. The molecule has 1 saturated heterocycles. The van der Waals surface area contributed by atoms with Gasteiger partial charge in [0.1, 0.15) is 12.4 Å². The third-order valence-corrected chi connectivity index (χ3v) is 6.66. The molecular formula is C28H24N2O3S. The van der Waals surface area contributed by atoms with Gasteiger partial charge in [0, 0.05) is 29.2 Å². The molecule has 1 fully saturated rings. The molecule has 6 heteroatoms. The Labute approximate surface area is 202 Å². The highest BCUT2D eigenvalue weighted by Gasteiger charge is 2.35. The number of hydrogen-bond acceptors (Lipinski definition) is 4. The molecule has 0 N–H and O–H groups in total. The van der Waals surface area contributed by atoms with Crippen LogP contribution in [0, 0.1) is 6.92 Å². The zero-order valence-electron chi connectivity index (χ0n) is 18.8. The predicted molar refractivity (Wildman–Crippen MR) is 137 cm³/mol. The quantitative estimate of drug-likeness (QED) is 0.307. The molecule has 170 valence electrons. The summed E-state index contributed by atoms with van der Waals surface area (Å²) in [7, 11) is 0. The lowest BCUT2D eigenvalue weighted by Crippen LogP contribution is -2.32. The monoisotopic (exact) mass is 468 g/mol. The van der Waals surface area contributed by atoms with Gasteiger partial charge in [-0.1, -0.05) is 60.7 Å². The van der Waals surface area contributed by atoms with Crippen molar-refractivity contribution in [2.75, 3.05) is 13.2 Å². The number of aromatic nitrogens is 1. The summed E-state index contributed by atoms with van der Waals surface area (Å²) in [5, 5.41) is 0.783. The summed E-state index contributed by atoms with van der Waals surface area (Å²) in [6.07, 6.45) is 3.88. The molecular weight excluding hydrogens is 444 g/mol. The second-order valence-electron chi connectivity index (χ2n) is 8.21. The largest absolute Gasteiger partial charge is 0.492 e. The minimum Gasteiger partial charge on any atom is -0.492 e. The molecule has 2 amide bonds. The summed E-state index contributed by atoms with van der Waals surface area (Å²) in [4.78, 5) is 27.3. The first kappa shape index (κ1) is 22.0. The molecule has 0 aliphatic carbocycles. The first-order valence-corrected chi connectivity index (χ1v) is 12.0. The van der Waals surface area contributed by atoms with Crippen LogP contribution in [0.4, 0.5) is 4.79 Å². The Balaban J connectivity index is 1.34. The number of ether oxygens (including phenoxy) is 1. The number of para-hydroxylation sites is 1. The van der Waals surface area contributed by atoms with Crippen LogP contribution in [0.15, 0.2) is 90.0 Å². The molecule has 1 aliphatic rings. The van der Waals surface area contributed by atoms with E-state index in [-0.39, 0.29) is 24.3 Å². The number of fused-ring (bicyclic) bond motifs is 1. The topological polar surface area (TPSA) is 51.5 Å². The van der Waals surface area contributed by atoms with Gasteiger partial charge in [-0.2, -0.15) is 0 Å². The highest BCUT2D eigenvalue weighted by molar-refractivity contribution is 8.18. The summed E-state index contributed by atoms with van der Waals surface area (Å²) in [6, 6.07) is 26.1. The van der Waals surface area contributed by atoms with E-state index in [1.807, 2.05) is 79.9 Å². The lowest BCUT2D eigenvalue weighted by atomic mass is 10.1. The van der Waals surface area contributed by atoms with Crippen LogP contribution in [0.3, 0.4) is 0 Å². The Hall–Kier alpha value is -3.77. The van der Waals surface area contributed by atoms with E-state index in [0.717, 1.165) is 46.1 Å². The van der Waals surface area contributed by atoms with Gasteiger partial charge in [0.25, 0.3) is 11.1 Å². The summed E-state index contributed by atoms with van der Waals surface area (Å²) < 4.78 is 7.92. The Morgan fingerprint density at radius 1 is 0.941 bits per heavy atom. The smallest absolute Gasteiger partial charge is 0.293 e. The van der Waals surface area contributed by atoms with Gasteiger partial charge in [0.2, 0.25) is 0 Å². The second-order valence-corrected chi connectivity index (χ2v) is 9.21. The van der Waals surface area contributed by atoms with Crippen LogP contribution in [0.5, 0.6) is 5.75 Å². The van der Waals surface area contributed by atoms with Gasteiger partial charge in [-0.05, 0) is 54.1 Å². The summed E-state index contributed by atoms with van der Waals surface area (Å²) >= 11 is 0.981. The number of amides is 2. The van der Waals surface area contributed by atoms with Gasteiger partial charge >= 0.3 is 0 Å². The van der Waals surface area contributed by atoms with Crippen LogP contribution in [0.2, 0.25) is 0 Å². The van der Waals surface area contributed by atoms with E-state index < -0.39 is 0 Å². The van der Waals surface area contributed by atoms with Crippen molar-refractivity contribution in [3.05, 3.63) is 107 Å². The number of hydrogen-bond donors (Lipinski definition) is 0. The number of carbonyl (C=O) groups excluding carboxylic acids is 2. The van der Waals surface area contributed by atoms with E-state index in [0.29, 0.717) is 4.91 Å². The third kappa shape index (κ3) is 4.63. The van der Waals surface area contributed by atoms with E-state index in [1.54, 1.807) is 0 Å². The maximum absolute atomic E-state index is 13.0. The Bertz CT molecular complexity index is 1390. The number of nitrogens with zero attached hydrogens (tertiary/aromatic N) is 2. The van der Waals surface area contributed by atoms with Crippen molar-refractivity contribution in [2.24, 2.45) is 0 Å². The Morgan fingerprint density at radius 2 is 1.74 bits per heavy atom. The molecule has 1 aliphatic heterocycles. The molecule has 34 heavy (non-hydrogen) atoms. The minimum atomic E-state index is -0.275. The fourth-order valence-corrected chi connectivity index (χ4v) is 4.95. The molecule has 0 bridgehead atoms. The van der Waals surface area contributed by atoms with Gasteiger partial charge in [0.15, 0.2) is 0 Å².